The highest BCUT2D eigenvalue weighted by Crippen LogP contribution is 2.15. The zero-order valence-electron chi connectivity index (χ0n) is 14.2. The SMILES string of the molecule is Cc1ccc(N2CCCN(C(=O)c3cn4ccccc4n3)CC2)nn1. The normalized spacial score (nSPS) is 15.4. The fourth-order valence-corrected chi connectivity index (χ4v) is 3.11. The third-order valence-corrected chi connectivity index (χ3v) is 4.47. The molecule has 0 unspecified atom stereocenters. The second-order valence-corrected chi connectivity index (χ2v) is 6.26. The summed E-state index contributed by atoms with van der Waals surface area (Å²) in [5.41, 5.74) is 2.19. The molecule has 0 atom stereocenters. The highest BCUT2D eigenvalue weighted by molar-refractivity contribution is 5.93. The van der Waals surface area contributed by atoms with Gasteiger partial charge in [0, 0.05) is 38.6 Å². The minimum Gasteiger partial charge on any atom is -0.353 e. The molecular formula is C18H20N6O. The summed E-state index contributed by atoms with van der Waals surface area (Å²) < 4.78 is 1.87. The number of hydrogen-bond donors (Lipinski definition) is 0. The van der Waals surface area contributed by atoms with E-state index >= 15 is 0 Å². The average Bonchev–Trinajstić information content (AvgIpc) is 2.92. The van der Waals surface area contributed by atoms with Gasteiger partial charge in [-0.25, -0.2) is 4.98 Å². The molecule has 7 heteroatoms. The maximum Gasteiger partial charge on any atom is 0.274 e. The van der Waals surface area contributed by atoms with E-state index in [-0.39, 0.29) is 5.91 Å². The highest BCUT2D eigenvalue weighted by Gasteiger charge is 2.22. The number of rotatable bonds is 2. The van der Waals surface area contributed by atoms with Gasteiger partial charge in [-0.15, -0.1) is 5.10 Å². The van der Waals surface area contributed by atoms with Crippen LogP contribution >= 0.6 is 0 Å². The molecule has 4 rings (SSSR count). The van der Waals surface area contributed by atoms with Crippen LogP contribution in [0.2, 0.25) is 0 Å². The Morgan fingerprint density at radius 2 is 1.96 bits per heavy atom. The van der Waals surface area contributed by atoms with Crippen molar-refractivity contribution in [2.75, 3.05) is 31.1 Å². The van der Waals surface area contributed by atoms with Crippen LogP contribution in [0.4, 0.5) is 5.82 Å². The lowest BCUT2D eigenvalue weighted by molar-refractivity contribution is 0.0762. The van der Waals surface area contributed by atoms with Gasteiger partial charge in [-0.2, -0.15) is 5.10 Å². The highest BCUT2D eigenvalue weighted by atomic mass is 16.2. The zero-order chi connectivity index (χ0) is 17.2. The number of fused-ring (bicyclic) bond motifs is 1. The molecule has 4 heterocycles. The largest absolute Gasteiger partial charge is 0.353 e. The minimum atomic E-state index is -0.0134. The maximum absolute atomic E-state index is 12.8. The summed E-state index contributed by atoms with van der Waals surface area (Å²) in [6.07, 6.45) is 4.60. The third-order valence-electron chi connectivity index (χ3n) is 4.47. The molecule has 7 nitrogen and oxygen atoms in total. The standard InChI is InChI=1S/C18H20N6O/c1-14-6-7-17(21-20-14)22-9-4-10-23(12-11-22)18(25)15-13-24-8-3-2-5-16(24)19-15/h2-3,5-8,13H,4,9-12H2,1H3. The summed E-state index contributed by atoms with van der Waals surface area (Å²) in [4.78, 5) is 21.3. The maximum atomic E-state index is 12.8. The molecule has 1 saturated heterocycles. The van der Waals surface area contributed by atoms with Crippen LogP contribution in [-0.2, 0) is 0 Å². The van der Waals surface area contributed by atoms with Crippen molar-refractivity contribution >= 4 is 17.4 Å². The number of pyridine rings is 1. The van der Waals surface area contributed by atoms with E-state index in [1.54, 1.807) is 6.20 Å². The lowest BCUT2D eigenvalue weighted by Gasteiger charge is -2.22. The van der Waals surface area contributed by atoms with E-state index in [2.05, 4.69) is 20.1 Å². The van der Waals surface area contributed by atoms with Crippen LogP contribution < -0.4 is 4.90 Å². The van der Waals surface area contributed by atoms with E-state index in [9.17, 15) is 4.79 Å². The van der Waals surface area contributed by atoms with E-state index in [0.717, 1.165) is 43.2 Å². The Balaban J connectivity index is 1.48. The van der Waals surface area contributed by atoms with Crippen molar-refractivity contribution < 1.29 is 4.79 Å². The Labute approximate surface area is 145 Å². The smallest absolute Gasteiger partial charge is 0.274 e. The van der Waals surface area contributed by atoms with Crippen molar-refractivity contribution in [2.45, 2.75) is 13.3 Å². The van der Waals surface area contributed by atoms with Gasteiger partial charge in [0.05, 0.1) is 5.69 Å². The fraction of sp³-hybridized carbons (Fsp3) is 0.333. The Morgan fingerprint density at radius 1 is 1.04 bits per heavy atom. The van der Waals surface area contributed by atoms with Gasteiger partial charge in [0.25, 0.3) is 5.91 Å². The number of imidazole rings is 1. The summed E-state index contributed by atoms with van der Waals surface area (Å²) in [6, 6.07) is 9.70. The lowest BCUT2D eigenvalue weighted by atomic mass is 10.3. The quantitative estimate of drug-likeness (QED) is 0.714. The van der Waals surface area contributed by atoms with Crippen molar-refractivity contribution in [3.05, 3.63) is 54.1 Å². The van der Waals surface area contributed by atoms with Crippen LogP contribution in [-0.4, -0.2) is 56.6 Å². The number of hydrogen-bond acceptors (Lipinski definition) is 5. The number of aryl methyl sites for hydroxylation is 1. The molecule has 0 aliphatic carbocycles. The Bertz CT molecular complexity index is 855. The molecule has 128 valence electrons. The molecule has 3 aromatic rings. The molecule has 0 saturated carbocycles. The van der Waals surface area contributed by atoms with Gasteiger partial charge in [0.1, 0.15) is 11.3 Å². The van der Waals surface area contributed by atoms with E-state index in [0.29, 0.717) is 12.2 Å². The summed E-state index contributed by atoms with van der Waals surface area (Å²) in [6.45, 7) is 4.92. The van der Waals surface area contributed by atoms with Crippen LogP contribution in [0.1, 0.15) is 22.6 Å². The second kappa shape index (κ2) is 6.51. The van der Waals surface area contributed by atoms with Gasteiger partial charge in [0.2, 0.25) is 0 Å². The molecule has 0 N–H and O–H groups in total. The first-order chi connectivity index (χ1) is 12.2. The van der Waals surface area contributed by atoms with Gasteiger partial charge >= 0.3 is 0 Å². The van der Waals surface area contributed by atoms with Gasteiger partial charge in [0.15, 0.2) is 5.82 Å². The van der Waals surface area contributed by atoms with Crippen LogP contribution in [0.5, 0.6) is 0 Å². The summed E-state index contributed by atoms with van der Waals surface area (Å²) >= 11 is 0. The molecular weight excluding hydrogens is 316 g/mol. The van der Waals surface area contributed by atoms with Crippen molar-refractivity contribution in [3.8, 4) is 0 Å². The molecule has 0 aromatic carbocycles. The molecule has 0 spiro atoms. The topological polar surface area (TPSA) is 66.6 Å². The lowest BCUT2D eigenvalue weighted by Crippen LogP contribution is -2.35. The number of aromatic nitrogens is 4. The molecule has 25 heavy (non-hydrogen) atoms. The average molecular weight is 336 g/mol. The molecule has 1 aliphatic rings. The minimum absolute atomic E-state index is 0.0134. The number of amides is 1. The van der Waals surface area contributed by atoms with Gasteiger partial charge in [-0.1, -0.05) is 6.07 Å². The second-order valence-electron chi connectivity index (χ2n) is 6.26. The van der Waals surface area contributed by atoms with Crippen molar-refractivity contribution in [2.24, 2.45) is 0 Å². The van der Waals surface area contributed by atoms with Crippen LogP contribution in [0.15, 0.2) is 42.7 Å². The zero-order valence-corrected chi connectivity index (χ0v) is 14.2. The van der Waals surface area contributed by atoms with E-state index in [1.807, 2.05) is 52.8 Å². The first kappa shape index (κ1) is 15.6. The van der Waals surface area contributed by atoms with Crippen molar-refractivity contribution in [1.82, 2.24) is 24.5 Å². The number of carbonyl (C=O) groups excluding carboxylic acids is 1. The third kappa shape index (κ3) is 3.17. The number of carbonyl (C=O) groups is 1. The van der Waals surface area contributed by atoms with Gasteiger partial charge < -0.3 is 14.2 Å². The van der Waals surface area contributed by atoms with E-state index < -0.39 is 0 Å². The van der Waals surface area contributed by atoms with Gasteiger partial charge in [-0.3, -0.25) is 4.79 Å². The van der Waals surface area contributed by atoms with Crippen LogP contribution in [0.25, 0.3) is 5.65 Å². The molecule has 3 aromatic heterocycles. The molecule has 0 bridgehead atoms. The number of anilines is 1. The fourth-order valence-electron chi connectivity index (χ4n) is 3.11. The monoisotopic (exact) mass is 336 g/mol. The predicted octanol–water partition coefficient (Wildman–Crippen LogP) is 1.79. The summed E-state index contributed by atoms with van der Waals surface area (Å²) in [5.74, 6) is 0.855. The summed E-state index contributed by atoms with van der Waals surface area (Å²) in [7, 11) is 0. The van der Waals surface area contributed by atoms with Crippen LogP contribution in [0.3, 0.4) is 0 Å². The Hall–Kier alpha value is -2.96. The van der Waals surface area contributed by atoms with Crippen molar-refractivity contribution in [3.63, 3.8) is 0 Å². The van der Waals surface area contributed by atoms with Gasteiger partial charge in [-0.05, 0) is 37.6 Å². The Kier molecular flexibility index (Phi) is 4.05. The molecule has 1 fully saturated rings. The molecule has 1 amide bonds. The number of nitrogens with zero attached hydrogens (tertiary/aromatic N) is 6. The predicted molar refractivity (Wildman–Crippen MR) is 94.7 cm³/mol. The first-order valence-electron chi connectivity index (χ1n) is 8.49. The first-order valence-corrected chi connectivity index (χ1v) is 8.49. The van der Waals surface area contributed by atoms with E-state index in [1.165, 1.54) is 0 Å². The van der Waals surface area contributed by atoms with E-state index in [4.69, 9.17) is 0 Å². The Morgan fingerprint density at radius 3 is 2.76 bits per heavy atom. The van der Waals surface area contributed by atoms with Crippen molar-refractivity contribution in [1.29, 1.82) is 0 Å². The summed E-state index contributed by atoms with van der Waals surface area (Å²) in [5, 5.41) is 8.38. The molecule has 1 aliphatic heterocycles. The molecule has 0 radical (unpaired) electrons. The van der Waals surface area contributed by atoms with Crippen LogP contribution in [0, 0.1) is 6.92 Å².